The summed E-state index contributed by atoms with van der Waals surface area (Å²) < 4.78 is 6.51. The number of rotatable bonds is 3. The van der Waals surface area contributed by atoms with Gasteiger partial charge in [0.2, 0.25) is 5.91 Å². The highest BCUT2D eigenvalue weighted by Gasteiger charge is 2.44. The first-order valence-electron chi connectivity index (χ1n) is 10.2. The minimum absolute atomic E-state index is 0.128. The maximum Gasteiger partial charge on any atom is 0.264 e. The quantitative estimate of drug-likeness (QED) is 0.763. The van der Waals surface area contributed by atoms with Crippen molar-refractivity contribution in [3.05, 3.63) is 51.7 Å². The van der Waals surface area contributed by atoms with Crippen molar-refractivity contribution in [2.75, 3.05) is 27.2 Å². The zero-order valence-electron chi connectivity index (χ0n) is 17.3. The second-order valence-electron chi connectivity index (χ2n) is 8.44. The molecule has 6 heteroatoms. The third kappa shape index (κ3) is 3.90. The van der Waals surface area contributed by atoms with Crippen LogP contribution in [-0.2, 0) is 4.79 Å². The molecule has 0 saturated carbocycles. The normalized spacial score (nSPS) is 20.1. The van der Waals surface area contributed by atoms with Crippen LogP contribution in [0.3, 0.4) is 0 Å². The molecule has 1 fully saturated rings. The molecular weight excluding hydrogens is 384 g/mol. The molecule has 2 aliphatic rings. The first-order valence-corrected chi connectivity index (χ1v) is 11.1. The Bertz CT molecular complexity index is 912. The van der Waals surface area contributed by atoms with E-state index in [0.29, 0.717) is 19.5 Å². The molecule has 154 valence electrons. The van der Waals surface area contributed by atoms with Gasteiger partial charge in [-0.2, -0.15) is 0 Å². The molecule has 2 aliphatic heterocycles. The SMILES string of the molecule is Cc1ccsc1C(=O)N1CCC2(CC1)CC(CC(=O)N(C)C)c1ccccc1O2. The minimum Gasteiger partial charge on any atom is -0.487 e. The number of fused-ring (bicyclic) bond motifs is 1. The molecule has 2 amide bonds. The molecule has 2 aromatic rings. The fourth-order valence-electron chi connectivity index (χ4n) is 4.48. The summed E-state index contributed by atoms with van der Waals surface area (Å²) in [6.45, 7) is 3.36. The van der Waals surface area contributed by atoms with Gasteiger partial charge in [0.15, 0.2) is 0 Å². The van der Waals surface area contributed by atoms with Crippen LogP contribution in [0.1, 0.15) is 52.4 Å². The van der Waals surface area contributed by atoms with Crippen molar-refractivity contribution in [1.29, 1.82) is 0 Å². The second-order valence-corrected chi connectivity index (χ2v) is 9.36. The molecule has 1 aromatic carbocycles. The number of carbonyl (C=O) groups excluding carboxylic acids is 2. The molecule has 0 aliphatic carbocycles. The first kappa shape index (κ1) is 20.0. The van der Waals surface area contributed by atoms with Gasteiger partial charge in [-0.25, -0.2) is 0 Å². The van der Waals surface area contributed by atoms with Crippen molar-refractivity contribution in [3.8, 4) is 5.75 Å². The fourth-order valence-corrected chi connectivity index (χ4v) is 5.37. The number of piperidine rings is 1. The molecule has 1 unspecified atom stereocenters. The van der Waals surface area contributed by atoms with E-state index in [0.717, 1.165) is 41.0 Å². The van der Waals surface area contributed by atoms with E-state index >= 15 is 0 Å². The van der Waals surface area contributed by atoms with Crippen molar-refractivity contribution in [2.24, 2.45) is 0 Å². The molecule has 0 N–H and O–H groups in total. The smallest absolute Gasteiger partial charge is 0.264 e. The lowest BCUT2D eigenvalue weighted by Gasteiger charge is -2.47. The van der Waals surface area contributed by atoms with E-state index in [1.54, 1.807) is 19.0 Å². The van der Waals surface area contributed by atoms with Gasteiger partial charge in [0.25, 0.3) is 5.91 Å². The van der Waals surface area contributed by atoms with E-state index in [1.807, 2.05) is 41.5 Å². The number of hydrogen-bond donors (Lipinski definition) is 0. The number of para-hydroxylation sites is 1. The summed E-state index contributed by atoms with van der Waals surface area (Å²) >= 11 is 1.51. The zero-order chi connectivity index (χ0) is 20.6. The molecule has 1 aromatic heterocycles. The number of thiophene rings is 1. The van der Waals surface area contributed by atoms with Crippen molar-refractivity contribution in [1.82, 2.24) is 9.80 Å². The lowest BCUT2D eigenvalue weighted by atomic mass is 9.76. The summed E-state index contributed by atoms with van der Waals surface area (Å²) in [6, 6.07) is 10.1. The highest BCUT2D eigenvalue weighted by atomic mass is 32.1. The number of likely N-dealkylation sites (tertiary alicyclic amines) is 1. The van der Waals surface area contributed by atoms with E-state index in [2.05, 4.69) is 6.07 Å². The molecule has 29 heavy (non-hydrogen) atoms. The fraction of sp³-hybridized carbons (Fsp3) is 0.478. The highest BCUT2D eigenvalue weighted by molar-refractivity contribution is 7.12. The Morgan fingerprint density at radius 3 is 2.59 bits per heavy atom. The van der Waals surface area contributed by atoms with Gasteiger partial charge in [-0.15, -0.1) is 11.3 Å². The van der Waals surface area contributed by atoms with Crippen LogP contribution < -0.4 is 4.74 Å². The van der Waals surface area contributed by atoms with E-state index in [-0.39, 0.29) is 23.3 Å². The Morgan fingerprint density at radius 2 is 1.93 bits per heavy atom. The Hall–Kier alpha value is -2.34. The molecule has 1 saturated heterocycles. The largest absolute Gasteiger partial charge is 0.487 e. The van der Waals surface area contributed by atoms with Crippen molar-refractivity contribution in [3.63, 3.8) is 0 Å². The van der Waals surface area contributed by atoms with E-state index in [4.69, 9.17) is 4.74 Å². The predicted octanol–water partition coefficient (Wildman–Crippen LogP) is 4.08. The van der Waals surface area contributed by atoms with Crippen LogP contribution in [-0.4, -0.2) is 54.4 Å². The summed E-state index contributed by atoms with van der Waals surface area (Å²) in [5.41, 5.74) is 1.87. The maximum absolute atomic E-state index is 12.9. The van der Waals surface area contributed by atoms with Gasteiger partial charge in [0.1, 0.15) is 11.4 Å². The Balaban J connectivity index is 1.51. The maximum atomic E-state index is 12.9. The van der Waals surface area contributed by atoms with Gasteiger partial charge >= 0.3 is 0 Å². The van der Waals surface area contributed by atoms with Crippen molar-refractivity contribution < 1.29 is 14.3 Å². The molecule has 5 nitrogen and oxygen atoms in total. The van der Waals surface area contributed by atoms with Crippen LogP contribution in [0.4, 0.5) is 0 Å². The topological polar surface area (TPSA) is 49.9 Å². The molecule has 0 bridgehead atoms. The standard InChI is InChI=1S/C23H28N2O3S/c1-16-8-13-29-21(16)22(27)25-11-9-23(10-12-25)15-17(14-20(26)24(2)3)18-6-4-5-7-19(18)28-23/h4-8,13,17H,9-12,14-15H2,1-3H3. The first-order chi connectivity index (χ1) is 13.9. The summed E-state index contributed by atoms with van der Waals surface area (Å²) in [5, 5.41) is 1.97. The van der Waals surface area contributed by atoms with E-state index in [1.165, 1.54) is 11.3 Å². The Labute approximate surface area is 176 Å². The molecule has 1 spiro atoms. The molecule has 0 radical (unpaired) electrons. The number of hydrogen-bond acceptors (Lipinski definition) is 4. The van der Waals surface area contributed by atoms with Gasteiger partial charge in [0.05, 0.1) is 4.88 Å². The minimum atomic E-state index is -0.299. The van der Waals surface area contributed by atoms with Gasteiger partial charge in [-0.3, -0.25) is 9.59 Å². The van der Waals surface area contributed by atoms with Crippen LogP contribution >= 0.6 is 11.3 Å². The summed E-state index contributed by atoms with van der Waals surface area (Å²) in [4.78, 5) is 29.8. The van der Waals surface area contributed by atoms with Crippen LogP contribution in [0.25, 0.3) is 0 Å². The molecular formula is C23H28N2O3S. The number of amides is 2. The third-order valence-corrected chi connectivity index (χ3v) is 7.25. The van der Waals surface area contributed by atoms with Crippen LogP contribution in [0.15, 0.2) is 35.7 Å². The van der Waals surface area contributed by atoms with Crippen LogP contribution in [0.2, 0.25) is 0 Å². The second kappa shape index (κ2) is 7.82. The Morgan fingerprint density at radius 1 is 1.21 bits per heavy atom. The summed E-state index contributed by atoms with van der Waals surface area (Å²) in [6.07, 6.45) is 2.91. The number of ether oxygens (including phenoxy) is 1. The number of aryl methyl sites for hydroxylation is 1. The van der Waals surface area contributed by atoms with Gasteiger partial charge < -0.3 is 14.5 Å². The van der Waals surface area contributed by atoms with E-state index < -0.39 is 0 Å². The molecule has 1 atom stereocenters. The third-order valence-electron chi connectivity index (χ3n) is 6.24. The van der Waals surface area contributed by atoms with Crippen LogP contribution in [0.5, 0.6) is 5.75 Å². The summed E-state index contributed by atoms with van der Waals surface area (Å²) in [7, 11) is 3.61. The lowest BCUT2D eigenvalue weighted by molar-refractivity contribution is -0.129. The van der Waals surface area contributed by atoms with Crippen molar-refractivity contribution >= 4 is 23.2 Å². The number of benzene rings is 1. The predicted molar refractivity (Wildman–Crippen MR) is 115 cm³/mol. The number of nitrogens with zero attached hydrogens (tertiary/aromatic N) is 2. The number of carbonyl (C=O) groups is 2. The van der Waals surface area contributed by atoms with Gasteiger partial charge in [-0.05, 0) is 42.0 Å². The van der Waals surface area contributed by atoms with E-state index in [9.17, 15) is 9.59 Å². The zero-order valence-corrected chi connectivity index (χ0v) is 18.1. The average molecular weight is 413 g/mol. The van der Waals surface area contributed by atoms with Crippen LogP contribution in [0, 0.1) is 6.92 Å². The Kier molecular flexibility index (Phi) is 5.38. The van der Waals surface area contributed by atoms with Crippen molar-refractivity contribution in [2.45, 2.75) is 44.1 Å². The monoisotopic (exact) mass is 412 g/mol. The van der Waals surface area contributed by atoms with Gasteiger partial charge in [-0.1, -0.05) is 18.2 Å². The summed E-state index contributed by atoms with van der Waals surface area (Å²) in [5.74, 6) is 1.31. The highest BCUT2D eigenvalue weighted by Crippen LogP contribution is 2.46. The van der Waals surface area contributed by atoms with Gasteiger partial charge in [0, 0.05) is 52.4 Å². The lowest BCUT2D eigenvalue weighted by Crippen LogP contribution is -2.52. The average Bonchev–Trinajstić information content (AvgIpc) is 3.14. The molecule has 3 heterocycles. The molecule has 4 rings (SSSR count).